The van der Waals surface area contributed by atoms with Gasteiger partial charge in [-0.3, -0.25) is 0 Å². The minimum atomic E-state index is 0.284. The number of benzene rings is 1. The van der Waals surface area contributed by atoms with E-state index in [1.807, 2.05) is 12.1 Å². The van der Waals surface area contributed by atoms with Crippen LogP contribution in [0.5, 0.6) is 0 Å². The van der Waals surface area contributed by atoms with Gasteiger partial charge in [-0.15, -0.1) is 0 Å². The highest BCUT2D eigenvalue weighted by atomic mass is 35.5. The third kappa shape index (κ3) is 3.47. The lowest BCUT2D eigenvalue weighted by atomic mass is 9.84. The summed E-state index contributed by atoms with van der Waals surface area (Å²) < 4.78 is 0. The standard InChI is InChI=1S/C15H23ClN2/c1-17-15(9-3-11-18(2)12-15)10-8-13-4-6-14(16)7-5-13/h4-7,17H,3,8-12H2,1-2H3. The van der Waals surface area contributed by atoms with Gasteiger partial charge in [0.25, 0.3) is 0 Å². The Labute approximate surface area is 115 Å². The molecule has 1 aliphatic rings. The molecule has 0 spiro atoms. The lowest BCUT2D eigenvalue weighted by molar-refractivity contribution is 0.143. The fourth-order valence-corrected chi connectivity index (χ4v) is 3.06. The summed E-state index contributed by atoms with van der Waals surface area (Å²) in [4.78, 5) is 2.43. The van der Waals surface area contributed by atoms with Crippen molar-refractivity contribution in [2.45, 2.75) is 31.2 Å². The number of piperidine rings is 1. The van der Waals surface area contributed by atoms with Crippen LogP contribution in [0, 0.1) is 0 Å². The van der Waals surface area contributed by atoms with Gasteiger partial charge < -0.3 is 10.2 Å². The van der Waals surface area contributed by atoms with Gasteiger partial charge in [-0.25, -0.2) is 0 Å². The molecule has 1 aliphatic heterocycles. The monoisotopic (exact) mass is 266 g/mol. The van der Waals surface area contributed by atoms with E-state index in [1.54, 1.807) is 0 Å². The number of aryl methyl sites for hydroxylation is 1. The molecule has 1 N–H and O–H groups in total. The Hall–Kier alpha value is -0.570. The highest BCUT2D eigenvalue weighted by molar-refractivity contribution is 6.30. The zero-order chi connectivity index (χ0) is 13.0. The zero-order valence-electron chi connectivity index (χ0n) is 11.4. The van der Waals surface area contributed by atoms with Gasteiger partial charge >= 0.3 is 0 Å². The number of rotatable bonds is 4. The van der Waals surface area contributed by atoms with Crippen LogP contribution in [-0.4, -0.2) is 37.6 Å². The van der Waals surface area contributed by atoms with Gasteiger partial charge in [-0.1, -0.05) is 23.7 Å². The quantitative estimate of drug-likeness (QED) is 0.902. The predicted molar refractivity (Wildman–Crippen MR) is 78.3 cm³/mol. The summed E-state index contributed by atoms with van der Waals surface area (Å²) in [6.45, 7) is 2.38. The summed E-state index contributed by atoms with van der Waals surface area (Å²) in [7, 11) is 4.31. The summed E-state index contributed by atoms with van der Waals surface area (Å²) >= 11 is 5.92. The predicted octanol–water partition coefficient (Wildman–Crippen LogP) is 2.96. The average Bonchev–Trinajstić information content (AvgIpc) is 2.38. The molecule has 1 saturated heterocycles. The van der Waals surface area contributed by atoms with E-state index in [1.165, 1.54) is 31.4 Å². The maximum Gasteiger partial charge on any atom is 0.0406 e. The molecule has 1 aromatic carbocycles. The van der Waals surface area contributed by atoms with Crippen LogP contribution in [-0.2, 0) is 6.42 Å². The van der Waals surface area contributed by atoms with E-state index in [0.717, 1.165) is 18.0 Å². The number of hydrogen-bond acceptors (Lipinski definition) is 2. The lowest BCUT2D eigenvalue weighted by Crippen LogP contribution is -2.55. The van der Waals surface area contributed by atoms with Crippen molar-refractivity contribution >= 4 is 11.6 Å². The van der Waals surface area contributed by atoms with Crippen molar-refractivity contribution < 1.29 is 0 Å². The van der Waals surface area contributed by atoms with E-state index in [0.29, 0.717) is 0 Å². The zero-order valence-corrected chi connectivity index (χ0v) is 12.1. The first-order chi connectivity index (χ1) is 8.63. The van der Waals surface area contributed by atoms with Gasteiger partial charge in [0.2, 0.25) is 0 Å². The minimum Gasteiger partial charge on any atom is -0.313 e. The molecule has 1 fully saturated rings. The fourth-order valence-electron chi connectivity index (χ4n) is 2.93. The summed E-state index contributed by atoms with van der Waals surface area (Å²) in [5.41, 5.74) is 1.66. The number of nitrogens with zero attached hydrogens (tertiary/aromatic N) is 1. The Morgan fingerprint density at radius 1 is 1.33 bits per heavy atom. The molecule has 1 unspecified atom stereocenters. The molecule has 2 nitrogen and oxygen atoms in total. The minimum absolute atomic E-state index is 0.284. The first kappa shape index (κ1) is 13.9. The van der Waals surface area contributed by atoms with Crippen molar-refractivity contribution in [1.82, 2.24) is 10.2 Å². The second kappa shape index (κ2) is 6.05. The number of nitrogens with one attached hydrogen (secondary N) is 1. The van der Waals surface area contributed by atoms with Crippen LogP contribution in [0.4, 0.5) is 0 Å². The van der Waals surface area contributed by atoms with E-state index in [-0.39, 0.29) is 5.54 Å². The van der Waals surface area contributed by atoms with E-state index < -0.39 is 0 Å². The fraction of sp³-hybridized carbons (Fsp3) is 0.600. The molecule has 2 rings (SSSR count). The van der Waals surface area contributed by atoms with E-state index in [2.05, 4.69) is 36.4 Å². The highest BCUT2D eigenvalue weighted by Crippen LogP contribution is 2.25. The van der Waals surface area contributed by atoms with Crippen molar-refractivity contribution in [3.8, 4) is 0 Å². The van der Waals surface area contributed by atoms with Gasteiger partial charge in [0.1, 0.15) is 0 Å². The summed E-state index contributed by atoms with van der Waals surface area (Å²) in [6.07, 6.45) is 4.88. The Morgan fingerprint density at radius 2 is 2.06 bits per heavy atom. The van der Waals surface area contributed by atoms with Crippen LogP contribution < -0.4 is 5.32 Å². The van der Waals surface area contributed by atoms with Crippen LogP contribution in [0.1, 0.15) is 24.8 Å². The maximum atomic E-state index is 5.92. The lowest BCUT2D eigenvalue weighted by Gasteiger charge is -2.41. The van der Waals surface area contributed by atoms with Gasteiger partial charge in [0.15, 0.2) is 0 Å². The van der Waals surface area contributed by atoms with E-state index in [4.69, 9.17) is 11.6 Å². The highest BCUT2D eigenvalue weighted by Gasteiger charge is 2.32. The molecule has 1 aromatic rings. The molecule has 100 valence electrons. The molecule has 0 aliphatic carbocycles. The van der Waals surface area contributed by atoms with Crippen molar-refractivity contribution in [2.24, 2.45) is 0 Å². The molecule has 0 saturated carbocycles. The normalized spacial score (nSPS) is 25.3. The van der Waals surface area contributed by atoms with Crippen molar-refractivity contribution in [2.75, 3.05) is 27.2 Å². The van der Waals surface area contributed by atoms with Gasteiger partial charge in [-0.2, -0.15) is 0 Å². The Morgan fingerprint density at radius 3 is 2.67 bits per heavy atom. The Bertz CT molecular complexity index is 377. The van der Waals surface area contributed by atoms with Crippen molar-refractivity contribution in [3.05, 3.63) is 34.9 Å². The van der Waals surface area contributed by atoms with E-state index in [9.17, 15) is 0 Å². The SMILES string of the molecule is CNC1(CCc2ccc(Cl)cc2)CCCN(C)C1. The van der Waals surface area contributed by atoms with E-state index >= 15 is 0 Å². The first-order valence-electron chi connectivity index (χ1n) is 6.75. The summed E-state index contributed by atoms with van der Waals surface area (Å²) in [6, 6.07) is 8.24. The van der Waals surface area contributed by atoms with Gasteiger partial charge in [0.05, 0.1) is 0 Å². The molecular weight excluding hydrogens is 244 g/mol. The van der Waals surface area contributed by atoms with Crippen molar-refractivity contribution in [3.63, 3.8) is 0 Å². The van der Waals surface area contributed by atoms with Gasteiger partial charge in [0, 0.05) is 17.1 Å². The van der Waals surface area contributed by atoms with Crippen LogP contribution >= 0.6 is 11.6 Å². The Kier molecular flexibility index (Phi) is 4.66. The molecule has 0 bridgehead atoms. The topological polar surface area (TPSA) is 15.3 Å². The number of likely N-dealkylation sites (N-methyl/N-ethyl adjacent to an activating group) is 2. The van der Waals surface area contributed by atoms with Crippen molar-refractivity contribution in [1.29, 1.82) is 0 Å². The number of likely N-dealkylation sites (tertiary alicyclic amines) is 1. The van der Waals surface area contributed by atoms with Crippen LogP contribution in [0.15, 0.2) is 24.3 Å². The number of halogens is 1. The number of hydrogen-bond donors (Lipinski definition) is 1. The Balaban J connectivity index is 1.96. The smallest absolute Gasteiger partial charge is 0.0406 e. The molecule has 0 amide bonds. The molecule has 3 heteroatoms. The molecule has 18 heavy (non-hydrogen) atoms. The molecular formula is C15H23ClN2. The third-order valence-corrected chi connectivity index (χ3v) is 4.36. The largest absolute Gasteiger partial charge is 0.313 e. The maximum absolute atomic E-state index is 5.92. The molecule has 0 radical (unpaired) electrons. The second-order valence-electron chi connectivity index (χ2n) is 5.50. The van der Waals surface area contributed by atoms with Crippen LogP contribution in [0.3, 0.4) is 0 Å². The summed E-state index contributed by atoms with van der Waals surface area (Å²) in [5, 5.41) is 4.38. The summed E-state index contributed by atoms with van der Waals surface area (Å²) in [5.74, 6) is 0. The second-order valence-corrected chi connectivity index (χ2v) is 5.93. The van der Waals surface area contributed by atoms with Crippen LogP contribution in [0.2, 0.25) is 5.02 Å². The van der Waals surface area contributed by atoms with Gasteiger partial charge in [-0.05, 0) is 64.0 Å². The molecule has 1 atom stereocenters. The first-order valence-corrected chi connectivity index (χ1v) is 7.13. The molecule has 0 aromatic heterocycles. The molecule has 1 heterocycles. The average molecular weight is 267 g/mol. The third-order valence-electron chi connectivity index (χ3n) is 4.10. The van der Waals surface area contributed by atoms with Crippen LogP contribution in [0.25, 0.3) is 0 Å².